The Morgan fingerprint density at radius 3 is 2.29 bits per heavy atom. The van der Waals surface area contributed by atoms with E-state index in [9.17, 15) is 9.59 Å². The van der Waals surface area contributed by atoms with Crippen LogP contribution in [-0.4, -0.2) is 32.3 Å². The van der Waals surface area contributed by atoms with Gasteiger partial charge in [-0.25, -0.2) is 0 Å². The molecule has 0 fully saturated rings. The number of esters is 2. The highest BCUT2D eigenvalue weighted by Crippen LogP contribution is 2.33. The van der Waals surface area contributed by atoms with E-state index in [2.05, 4.69) is 5.92 Å². The van der Waals surface area contributed by atoms with E-state index in [1.54, 1.807) is 39.2 Å². The second kappa shape index (κ2) is 9.61. The lowest BCUT2D eigenvalue weighted by atomic mass is 9.77. The number of carbonyl (C=O) groups is 2. The summed E-state index contributed by atoms with van der Waals surface area (Å²) in [5, 5.41) is 0. The third-order valence-electron chi connectivity index (χ3n) is 3.67. The van der Waals surface area contributed by atoms with Crippen LogP contribution in [0, 0.1) is 17.8 Å². The zero-order valence-corrected chi connectivity index (χ0v) is 14.5. The van der Waals surface area contributed by atoms with E-state index >= 15 is 0 Å². The monoisotopic (exact) mass is 332 g/mol. The van der Waals surface area contributed by atoms with Gasteiger partial charge in [0.2, 0.25) is 0 Å². The molecule has 1 aromatic carbocycles. The number of benzene rings is 1. The molecule has 0 aliphatic heterocycles. The number of terminal acetylenes is 1. The number of hydrogen-bond acceptors (Lipinski definition) is 5. The third kappa shape index (κ3) is 4.76. The molecule has 130 valence electrons. The van der Waals surface area contributed by atoms with Gasteiger partial charge in [-0.3, -0.25) is 9.59 Å². The minimum absolute atomic E-state index is 0.142. The summed E-state index contributed by atoms with van der Waals surface area (Å²) in [6.07, 6.45) is 5.92. The standard InChI is InChI=1S/C19H24O5/c1-5-8-12-19(17(20)23-6-2,18(21)24-7-3)14-15-10-9-11-16(13-15)22-4/h1,9-11,13H,6-8,12,14H2,2-4H3. The fraction of sp³-hybridized carbons (Fsp3) is 0.474. The Labute approximate surface area is 143 Å². The lowest BCUT2D eigenvalue weighted by molar-refractivity contribution is -0.172. The SMILES string of the molecule is C#CCCC(Cc1cccc(OC)c1)(C(=O)OCC)C(=O)OCC. The van der Waals surface area contributed by atoms with Gasteiger partial charge in [0, 0.05) is 6.42 Å². The van der Waals surface area contributed by atoms with E-state index in [0.29, 0.717) is 5.75 Å². The third-order valence-corrected chi connectivity index (χ3v) is 3.67. The fourth-order valence-corrected chi connectivity index (χ4v) is 2.48. The summed E-state index contributed by atoms with van der Waals surface area (Å²) in [5.74, 6) is 1.91. The van der Waals surface area contributed by atoms with Crippen LogP contribution in [0.4, 0.5) is 0 Å². The zero-order valence-electron chi connectivity index (χ0n) is 14.5. The van der Waals surface area contributed by atoms with Gasteiger partial charge >= 0.3 is 11.9 Å². The predicted molar refractivity (Wildman–Crippen MR) is 90.5 cm³/mol. The van der Waals surface area contributed by atoms with Crippen LogP contribution in [0.3, 0.4) is 0 Å². The molecule has 24 heavy (non-hydrogen) atoms. The largest absolute Gasteiger partial charge is 0.497 e. The van der Waals surface area contributed by atoms with Gasteiger partial charge in [-0.15, -0.1) is 12.3 Å². The van der Waals surface area contributed by atoms with Gasteiger partial charge in [0.05, 0.1) is 20.3 Å². The van der Waals surface area contributed by atoms with Gasteiger partial charge in [-0.1, -0.05) is 12.1 Å². The van der Waals surface area contributed by atoms with Crippen LogP contribution >= 0.6 is 0 Å². The Morgan fingerprint density at radius 2 is 1.79 bits per heavy atom. The summed E-state index contributed by atoms with van der Waals surface area (Å²) in [6, 6.07) is 7.20. The maximum Gasteiger partial charge on any atom is 0.323 e. The molecule has 0 aliphatic carbocycles. The summed E-state index contributed by atoms with van der Waals surface area (Å²) in [4.78, 5) is 25.2. The van der Waals surface area contributed by atoms with E-state index in [1.807, 2.05) is 6.07 Å². The number of hydrogen-bond donors (Lipinski definition) is 0. The van der Waals surface area contributed by atoms with Gasteiger partial charge in [-0.2, -0.15) is 0 Å². The van der Waals surface area contributed by atoms with Crippen molar-refractivity contribution in [3.05, 3.63) is 29.8 Å². The smallest absolute Gasteiger partial charge is 0.323 e. The minimum atomic E-state index is -1.45. The van der Waals surface area contributed by atoms with E-state index in [-0.39, 0.29) is 32.5 Å². The molecule has 5 heteroatoms. The number of ether oxygens (including phenoxy) is 3. The van der Waals surface area contributed by atoms with Gasteiger partial charge in [0.1, 0.15) is 5.75 Å². The molecule has 5 nitrogen and oxygen atoms in total. The molecule has 0 saturated heterocycles. The first-order valence-corrected chi connectivity index (χ1v) is 7.94. The van der Waals surface area contributed by atoms with Crippen LogP contribution in [0.1, 0.15) is 32.3 Å². The summed E-state index contributed by atoms with van der Waals surface area (Å²) in [6.45, 7) is 3.74. The Bertz CT molecular complexity index is 582. The van der Waals surface area contributed by atoms with Gasteiger partial charge in [0.25, 0.3) is 0 Å². The molecule has 0 aliphatic rings. The average Bonchev–Trinajstić information content (AvgIpc) is 2.59. The summed E-state index contributed by atoms with van der Waals surface area (Å²) in [5.41, 5.74) is -0.683. The lowest BCUT2D eigenvalue weighted by Gasteiger charge is -2.28. The molecule has 0 heterocycles. The second-order valence-corrected chi connectivity index (χ2v) is 5.26. The molecule has 0 spiro atoms. The Kier molecular flexibility index (Phi) is 7.84. The molecule has 1 aromatic rings. The number of rotatable bonds is 9. The van der Waals surface area contributed by atoms with Crippen LogP contribution < -0.4 is 4.74 Å². The van der Waals surface area contributed by atoms with Crippen molar-refractivity contribution in [3.8, 4) is 18.1 Å². The van der Waals surface area contributed by atoms with Crippen molar-refractivity contribution in [2.75, 3.05) is 20.3 Å². The predicted octanol–water partition coefficient (Wildman–Crippen LogP) is 2.76. The molecule has 0 N–H and O–H groups in total. The van der Waals surface area contributed by atoms with Crippen LogP contribution in [0.25, 0.3) is 0 Å². The van der Waals surface area contributed by atoms with Crippen LogP contribution in [-0.2, 0) is 25.5 Å². The molecule has 0 unspecified atom stereocenters. The van der Waals surface area contributed by atoms with Crippen LogP contribution in [0.5, 0.6) is 5.75 Å². The van der Waals surface area contributed by atoms with E-state index in [0.717, 1.165) is 5.56 Å². The summed E-state index contributed by atoms with van der Waals surface area (Å²) >= 11 is 0. The van der Waals surface area contributed by atoms with Crippen molar-refractivity contribution in [2.45, 2.75) is 33.1 Å². The van der Waals surface area contributed by atoms with Gasteiger partial charge in [0.15, 0.2) is 5.41 Å². The lowest BCUT2D eigenvalue weighted by Crippen LogP contribution is -2.44. The molecule has 1 rings (SSSR count). The second-order valence-electron chi connectivity index (χ2n) is 5.26. The summed E-state index contributed by atoms with van der Waals surface area (Å²) < 4.78 is 15.5. The zero-order chi connectivity index (χ0) is 18.0. The van der Waals surface area contributed by atoms with E-state index < -0.39 is 17.4 Å². The Hall–Kier alpha value is -2.48. The van der Waals surface area contributed by atoms with Crippen molar-refractivity contribution in [1.82, 2.24) is 0 Å². The van der Waals surface area contributed by atoms with E-state index in [4.69, 9.17) is 20.6 Å². The van der Waals surface area contributed by atoms with Crippen molar-refractivity contribution in [2.24, 2.45) is 5.41 Å². The first-order chi connectivity index (χ1) is 11.5. The van der Waals surface area contributed by atoms with Gasteiger partial charge < -0.3 is 14.2 Å². The molecule has 0 amide bonds. The highest BCUT2D eigenvalue weighted by Gasteiger charge is 2.48. The molecule has 0 atom stereocenters. The fourth-order valence-electron chi connectivity index (χ4n) is 2.48. The van der Waals surface area contributed by atoms with Crippen LogP contribution in [0.15, 0.2) is 24.3 Å². The van der Waals surface area contributed by atoms with Crippen molar-refractivity contribution < 1.29 is 23.8 Å². The Morgan fingerprint density at radius 1 is 1.17 bits per heavy atom. The van der Waals surface area contributed by atoms with Crippen molar-refractivity contribution >= 4 is 11.9 Å². The topological polar surface area (TPSA) is 61.8 Å². The first-order valence-electron chi connectivity index (χ1n) is 7.94. The van der Waals surface area contributed by atoms with Gasteiger partial charge in [-0.05, 0) is 44.4 Å². The maximum absolute atomic E-state index is 12.6. The summed E-state index contributed by atoms with van der Waals surface area (Å²) in [7, 11) is 1.56. The number of carbonyl (C=O) groups excluding carboxylic acids is 2. The normalized spacial score (nSPS) is 10.6. The van der Waals surface area contributed by atoms with Crippen molar-refractivity contribution in [1.29, 1.82) is 0 Å². The highest BCUT2D eigenvalue weighted by molar-refractivity contribution is 6.00. The molecule has 0 saturated carbocycles. The van der Waals surface area contributed by atoms with Crippen LogP contribution in [0.2, 0.25) is 0 Å². The molecule has 0 radical (unpaired) electrons. The molecular formula is C19H24O5. The molecule has 0 bridgehead atoms. The first kappa shape index (κ1) is 19.6. The highest BCUT2D eigenvalue weighted by atomic mass is 16.6. The van der Waals surface area contributed by atoms with Crippen molar-refractivity contribution in [3.63, 3.8) is 0 Å². The maximum atomic E-state index is 12.6. The minimum Gasteiger partial charge on any atom is -0.497 e. The average molecular weight is 332 g/mol. The number of methoxy groups -OCH3 is 1. The molecular weight excluding hydrogens is 308 g/mol. The Balaban J connectivity index is 3.28. The molecule has 0 aromatic heterocycles. The quantitative estimate of drug-likeness (QED) is 0.395. The van der Waals surface area contributed by atoms with E-state index in [1.165, 1.54) is 0 Å².